The van der Waals surface area contributed by atoms with Crippen LogP contribution in [0.4, 0.5) is 4.39 Å². The number of rotatable bonds is 5. The Morgan fingerprint density at radius 2 is 1.11 bits per heavy atom. The number of hydrogen-bond donors (Lipinski definition) is 2. The molecule has 2 N–H and O–H groups in total. The van der Waals surface area contributed by atoms with E-state index in [0.717, 1.165) is 59.9 Å². The number of aromatic nitrogens is 4. The van der Waals surface area contributed by atoms with Gasteiger partial charge in [0.2, 0.25) is 0 Å². The molecule has 0 aliphatic carbocycles. The predicted molar refractivity (Wildman–Crippen MR) is 220 cm³/mol. The Balaban J connectivity index is 0.000000349. The molecule has 14 nitrogen and oxygen atoms in total. The van der Waals surface area contributed by atoms with Crippen molar-refractivity contribution in [2.45, 2.75) is 145 Å². The molecule has 0 amide bonds. The molecule has 4 aromatic heterocycles. The highest BCUT2D eigenvalue weighted by molar-refractivity contribution is 14.1. The van der Waals surface area contributed by atoms with Crippen molar-refractivity contribution >= 4 is 65.4 Å². The van der Waals surface area contributed by atoms with Gasteiger partial charge in [0.05, 0.1) is 62.7 Å². The molecule has 0 unspecified atom stereocenters. The van der Waals surface area contributed by atoms with Crippen molar-refractivity contribution < 1.29 is 52.7 Å². The lowest BCUT2D eigenvalue weighted by molar-refractivity contribution is 0.00578. The number of aliphatic hydroxyl groups is 2. The van der Waals surface area contributed by atoms with E-state index in [0.29, 0.717) is 11.4 Å². The minimum absolute atomic E-state index is 0.0443. The van der Waals surface area contributed by atoms with Gasteiger partial charge in [-0.1, -0.05) is 34.5 Å². The summed E-state index contributed by atoms with van der Waals surface area (Å²) in [6, 6.07) is 1.69. The van der Waals surface area contributed by atoms with Crippen molar-refractivity contribution in [3.8, 4) is 0 Å². The fourth-order valence-electron chi connectivity index (χ4n) is 4.12. The molecule has 0 atom stereocenters. The number of alkyl halides is 1. The Morgan fingerprint density at radius 1 is 0.685 bits per heavy atom. The first-order valence-electron chi connectivity index (χ1n) is 17.9. The Bertz CT molecular complexity index is 1640. The normalized spacial score (nSPS) is 17.1. The highest BCUT2D eigenvalue weighted by Gasteiger charge is 2.53. The predicted octanol–water partition coefficient (Wildman–Crippen LogP) is 7.26. The van der Waals surface area contributed by atoms with Crippen LogP contribution >= 0.6 is 45.2 Å². The summed E-state index contributed by atoms with van der Waals surface area (Å²) in [5, 5.41) is 32.0. The summed E-state index contributed by atoms with van der Waals surface area (Å²) < 4.78 is 59.6. The average Bonchev–Trinajstić information content (AvgIpc) is 3.94. The highest BCUT2D eigenvalue weighted by atomic mass is 127. The summed E-state index contributed by atoms with van der Waals surface area (Å²) in [4.78, 5) is 0. The molecule has 0 spiro atoms. The topological polar surface area (TPSA) is 181 Å². The number of halogens is 3. The van der Waals surface area contributed by atoms with Gasteiger partial charge < -0.3 is 46.9 Å². The van der Waals surface area contributed by atoms with E-state index in [1.807, 2.05) is 83.1 Å². The van der Waals surface area contributed by atoms with Gasteiger partial charge in [-0.25, -0.2) is 0 Å². The first-order chi connectivity index (χ1) is 25.5. The molecular formula is C35H56B2FI2N4O10. The van der Waals surface area contributed by atoms with Gasteiger partial charge in [-0.15, -0.1) is 0 Å². The van der Waals surface area contributed by atoms with Gasteiger partial charge in [-0.2, -0.15) is 0 Å². The van der Waals surface area contributed by atoms with Crippen LogP contribution in [0.2, 0.25) is 0 Å². The van der Waals surface area contributed by atoms with Crippen molar-refractivity contribution in [1.82, 2.24) is 20.6 Å². The van der Waals surface area contributed by atoms with Gasteiger partial charge in [-0.05, 0) is 141 Å². The molecule has 2 saturated heterocycles. The van der Waals surface area contributed by atoms with Crippen molar-refractivity contribution in [2.75, 3.05) is 7.15 Å². The molecule has 54 heavy (non-hydrogen) atoms. The zero-order valence-corrected chi connectivity index (χ0v) is 38.2. The summed E-state index contributed by atoms with van der Waals surface area (Å²) >= 11 is 4.33. The quantitative estimate of drug-likeness (QED) is 0.151. The smallest absolute Gasteiger partial charge is 0.405 e. The van der Waals surface area contributed by atoms with E-state index < -0.39 is 7.15 Å². The molecule has 0 saturated carbocycles. The Labute approximate surface area is 348 Å². The maximum absolute atomic E-state index is 9.96. The minimum atomic E-state index is -1.00. The number of aryl methyl sites for hydroxylation is 6. The van der Waals surface area contributed by atoms with Crippen LogP contribution in [0.3, 0.4) is 0 Å². The molecule has 2 fully saturated rings. The fraction of sp³-hybridized carbons (Fsp3) is 0.657. The second-order valence-electron chi connectivity index (χ2n) is 14.0. The number of aliphatic hydroxyl groups excluding tert-OH is 2. The average molecular weight is 988 g/mol. The molecule has 303 valence electrons. The van der Waals surface area contributed by atoms with Crippen LogP contribution in [0.15, 0.2) is 24.2 Å². The van der Waals surface area contributed by atoms with E-state index in [-0.39, 0.29) is 42.7 Å². The van der Waals surface area contributed by atoms with E-state index in [2.05, 4.69) is 77.3 Å². The van der Waals surface area contributed by atoms with Crippen LogP contribution in [-0.2, 0) is 44.7 Å². The van der Waals surface area contributed by atoms with Gasteiger partial charge in [0.25, 0.3) is 0 Å². The summed E-state index contributed by atoms with van der Waals surface area (Å²) in [5.41, 5.74) is 3.11. The van der Waals surface area contributed by atoms with Crippen LogP contribution in [-0.4, -0.2) is 75.2 Å². The van der Waals surface area contributed by atoms with Gasteiger partial charge in [0.15, 0.2) is 0 Å². The molecular weight excluding hydrogens is 931 g/mol. The summed E-state index contributed by atoms with van der Waals surface area (Å²) in [6.45, 7) is 27.7. The van der Waals surface area contributed by atoms with E-state index in [1.165, 1.54) is 7.69 Å². The zero-order valence-electron chi connectivity index (χ0n) is 34.9. The van der Waals surface area contributed by atoms with E-state index >= 15 is 0 Å². The first kappa shape index (κ1) is 48.3. The molecule has 6 rings (SSSR count). The third-order valence-electron chi connectivity index (χ3n) is 8.98. The Kier molecular flexibility index (Phi) is 19.8. The third-order valence-corrected chi connectivity index (χ3v) is 11.7. The second-order valence-corrected chi connectivity index (χ2v) is 16.1. The maximum atomic E-state index is 9.96. The number of hydrogen-bond acceptors (Lipinski definition) is 14. The Hall–Kier alpha value is -1.88. The summed E-state index contributed by atoms with van der Waals surface area (Å²) in [6.07, 6.45) is 1.77. The molecule has 1 radical (unpaired) electrons. The third kappa shape index (κ3) is 13.7. The minimum Gasteiger partial charge on any atom is -0.405 e. The molecule has 2 aliphatic heterocycles. The zero-order chi connectivity index (χ0) is 42.4. The van der Waals surface area contributed by atoms with Crippen molar-refractivity contribution in [1.29, 1.82) is 0 Å². The number of nitrogens with zero attached hydrogens (tertiary/aromatic N) is 4. The van der Waals surface area contributed by atoms with Crippen molar-refractivity contribution in [2.24, 2.45) is 0 Å². The lowest BCUT2D eigenvalue weighted by atomic mass is 9.77. The molecule has 0 aromatic carbocycles. The Morgan fingerprint density at radius 3 is 1.37 bits per heavy atom. The molecule has 6 heterocycles. The summed E-state index contributed by atoms with van der Waals surface area (Å²) in [5.74, 6) is 3.20. The van der Waals surface area contributed by atoms with Crippen LogP contribution in [0.1, 0.15) is 116 Å². The second kappa shape index (κ2) is 22.2. The standard InChI is InChI=1S/C12H20BNO3.C6H12BO2.C6H8INO.C5H6INO2.C5H7NO2.CH3F/c1-7-9-10(8(2)15-14-9)13-16-11(3,4)12(5,6)17-13;1-5(2)6(3,4)9-7-8-5;1-3-5-6(7)4(2)9-8-5;1-3-5(6)4(2-8)7-9-3;1-4-2-5(3-7)6-8-4;1-2/h7H2,1-6H3;1-4H3;3H2,1-2H3;8H,2H2,1H3;2,7H,3H2,1H3;1H3/i;;;;;1D. The molecule has 19 heteroatoms. The van der Waals surface area contributed by atoms with E-state index in [1.54, 1.807) is 13.0 Å². The summed E-state index contributed by atoms with van der Waals surface area (Å²) in [7, 11) is 0.0428. The monoisotopic (exact) mass is 988 g/mol. The highest BCUT2D eigenvalue weighted by Crippen LogP contribution is 2.37. The van der Waals surface area contributed by atoms with Crippen LogP contribution in [0, 0.1) is 34.8 Å². The van der Waals surface area contributed by atoms with Gasteiger partial charge in [0, 0.05) is 11.5 Å². The fourth-order valence-corrected chi connectivity index (χ4v) is 5.06. The van der Waals surface area contributed by atoms with Gasteiger partial charge in [-0.3, -0.25) is 4.39 Å². The van der Waals surface area contributed by atoms with E-state index in [4.69, 9.17) is 43.8 Å². The van der Waals surface area contributed by atoms with Gasteiger partial charge in [0.1, 0.15) is 34.4 Å². The molecule has 2 aliphatic rings. The van der Waals surface area contributed by atoms with Crippen LogP contribution in [0.5, 0.6) is 0 Å². The largest absolute Gasteiger partial charge is 0.500 e. The molecule has 0 bridgehead atoms. The van der Waals surface area contributed by atoms with E-state index in [9.17, 15) is 4.39 Å². The first-order valence-corrected chi connectivity index (χ1v) is 19.3. The maximum Gasteiger partial charge on any atom is 0.500 e. The van der Waals surface area contributed by atoms with Crippen molar-refractivity contribution in [3.63, 3.8) is 0 Å². The van der Waals surface area contributed by atoms with Crippen LogP contribution in [0.25, 0.3) is 0 Å². The SMILES string of the molecule is CC1(C)O[B]OC1(C)C.CCc1noc(C)c1B1OC(C)(C)C(C)(C)O1.CCc1noc(C)c1I.Cc1cc(CO)no1.Cc1onc(CO)c1I.[2H]CF. The lowest BCUT2D eigenvalue weighted by Crippen LogP contribution is -2.41. The lowest BCUT2D eigenvalue weighted by Gasteiger charge is -2.32. The van der Waals surface area contributed by atoms with Crippen LogP contribution < -0.4 is 5.46 Å². The van der Waals surface area contributed by atoms with Crippen molar-refractivity contribution in [3.05, 3.63) is 59.0 Å². The molecule has 4 aromatic rings. The van der Waals surface area contributed by atoms with Gasteiger partial charge >= 0.3 is 14.8 Å².